The molecule has 0 saturated heterocycles. The molecule has 1 amide bonds. The minimum atomic E-state index is -0.307. The Morgan fingerprint density at radius 1 is 0.833 bits per heavy atom. The molecule has 0 aliphatic rings. The molecule has 0 fully saturated rings. The summed E-state index contributed by atoms with van der Waals surface area (Å²) in [6.45, 7) is 0.295. The monoisotopic (exact) mass is 401 g/mol. The lowest BCUT2D eigenvalue weighted by Crippen LogP contribution is -2.29. The maximum atomic E-state index is 13.0. The Balaban J connectivity index is 1.96. The van der Waals surface area contributed by atoms with Crippen LogP contribution in [0.5, 0.6) is 17.2 Å². The van der Waals surface area contributed by atoms with Crippen molar-refractivity contribution in [2.45, 2.75) is 6.54 Å². The van der Waals surface area contributed by atoms with Crippen LogP contribution in [0, 0.1) is 11.8 Å². The lowest BCUT2D eigenvalue weighted by Gasteiger charge is -2.22. The number of benzene rings is 3. The van der Waals surface area contributed by atoms with Crippen LogP contribution in [0.2, 0.25) is 0 Å². The van der Waals surface area contributed by atoms with Crippen molar-refractivity contribution < 1.29 is 19.0 Å². The van der Waals surface area contributed by atoms with Gasteiger partial charge in [-0.3, -0.25) is 9.69 Å². The Kier molecular flexibility index (Phi) is 6.96. The summed E-state index contributed by atoms with van der Waals surface area (Å²) in [5.41, 5.74) is 2.36. The van der Waals surface area contributed by atoms with Crippen LogP contribution in [0.1, 0.15) is 11.1 Å². The minimum Gasteiger partial charge on any atom is -0.493 e. The highest BCUT2D eigenvalue weighted by atomic mass is 16.5. The summed E-state index contributed by atoms with van der Waals surface area (Å²) in [6.07, 6.45) is 0. The summed E-state index contributed by atoms with van der Waals surface area (Å²) >= 11 is 0. The van der Waals surface area contributed by atoms with E-state index in [4.69, 9.17) is 14.2 Å². The zero-order chi connectivity index (χ0) is 21.3. The topological polar surface area (TPSA) is 48.0 Å². The SMILES string of the molecule is COc1cc(CN(C(=O)C#Cc2ccccc2)c2ccccc2)cc(OC)c1OC. The molecular weight excluding hydrogens is 378 g/mol. The molecule has 0 atom stereocenters. The highest BCUT2D eigenvalue weighted by Gasteiger charge is 2.18. The average Bonchev–Trinajstić information content (AvgIpc) is 2.81. The lowest BCUT2D eigenvalue weighted by molar-refractivity contribution is -0.113. The number of hydrogen-bond acceptors (Lipinski definition) is 4. The number of amides is 1. The minimum absolute atomic E-state index is 0.295. The van der Waals surface area contributed by atoms with Gasteiger partial charge in [-0.1, -0.05) is 42.3 Å². The number of anilines is 1. The number of carbonyl (C=O) groups excluding carboxylic acids is 1. The molecule has 0 radical (unpaired) electrons. The van der Waals surface area contributed by atoms with Crippen molar-refractivity contribution in [3.63, 3.8) is 0 Å². The fourth-order valence-corrected chi connectivity index (χ4v) is 3.01. The van der Waals surface area contributed by atoms with Gasteiger partial charge in [0.1, 0.15) is 0 Å². The van der Waals surface area contributed by atoms with E-state index in [2.05, 4.69) is 11.8 Å². The summed E-state index contributed by atoms with van der Waals surface area (Å²) < 4.78 is 16.3. The third-order valence-electron chi connectivity index (χ3n) is 4.47. The first-order valence-corrected chi connectivity index (χ1v) is 9.38. The molecule has 0 aromatic heterocycles. The molecule has 0 bridgehead atoms. The predicted octanol–water partition coefficient (Wildman–Crippen LogP) is 4.30. The molecule has 0 aliphatic heterocycles. The third-order valence-corrected chi connectivity index (χ3v) is 4.47. The van der Waals surface area contributed by atoms with Crippen LogP contribution in [0.3, 0.4) is 0 Å². The van der Waals surface area contributed by atoms with Gasteiger partial charge < -0.3 is 14.2 Å². The first-order valence-electron chi connectivity index (χ1n) is 9.38. The number of ether oxygens (including phenoxy) is 3. The van der Waals surface area contributed by atoms with Gasteiger partial charge in [-0.05, 0) is 42.0 Å². The fraction of sp³-hybridized carbons (Fsp3) is 0.160. The Morgan fingerprint density at radius 2 is 1.40 bits per heavy atom. The van der Waals surface area contributed by atoms with Crippen LogP contribution in [-0.4, -0.2) is 27.2 Å². The van der Waals surface area contributed by atoms with Crippen molar-refractivity contribution in [3.05, 3.63) is 83.9 Å². The van der Waals surface area contributed by atoms with Gasteiger partial charge in [-0.15, -0.1) is 0 Å². The third kappa shape index (κ3) is 4.92. The lowest BCUT2D eigenvalue weighted by atomic mass is 10.1. The normalized spacial score (nSPS) is 9.83. The molecule has 3 aromatic rings. The molecule has 3 aromatic carbocycles. The molecule has 0 aliphatic carbocycles. The number of para-hydroxylation sites is 1. The predicted molar refractivity (Wildman–Crippen MR) is 117 cm³/mol. The van der Waals surface area contributed by atoms with Gasteiger partial charge >= 0.3 is 5.91 Å². The highest BCUT2D eigenvalue weighted by Crippen LogP contribution is 2.38. The van der Waals surface area contributed by atoms with Crippen LogP contribution in [0.4, 0.5) is 5.69 Å². The Hall–Kier alpha value is -3.91. The van der Waals surface area contributed by atoms with Crippen molar-refractivity contribution in [3.8, 4) is 29.1 Å². The maximum absolute atomic E-state index is 13.0. The van der Waals surface area contributed by atoms with Gasteiger partial charge in [-0.25, -0.2) is 0 Å². The van der Waals surface area contributed by atoms with E-state index in [-0.39, 0.29) is 5.91 Å². The van der Waals surface area contributed by atoms with Crippen LogP contribution >= 0.6 is 0 Å². The van der Waals surface area contributed by atoms with E-state index in [0.29, 0.717) is 23.8 Å². The number of rotatable bonds is 6. The van der Waals surface area contributed by atoms with E-state index in [1.807, 2.05) is 72.8 Å². The van der Waals surface area contributed by atoms with Gasteiger partial charge in [0.05, 0.1) is 27.9 Å². The molecule has 0 saturated carbocycles. The largest absolute Gasteiger partial charge is 0.493 e. The molecule has 30 heavy (non-hydrogen) atoms. The van der Waals surface area contributed by atoms with E-state index in [9.17, 15) is 4.79 Å². The maximum Gasteiger partial charge on any atom is 0.303 e. The molecular formula is C25H23NO4. The summed E-state index contributed by atoms with van der Waals surface area (Å²) in [6, 6.07) is 22.5. The van der Waals surface area contributed by atoms with E-state index in [0.717, 1.165) is 16.8 Å². The molecule has 3 rings (SSSR count). The number of hydrogen-bond donors (Lipinski definition) is 0. The van der Waals surface area contributed by atoms with Crippen molar-refractivity contribution >= 4 is 11.6 Å². The Labute approximate surface area is 176 Å². The molecule has 152 valence electrons. The van der Waals surface area contributed by atoms with E-state index in [1.165, 1.54) is 0 Å². The average molecular weight is 401 g/mol. The molecule has 5 heteroatoms. The van der Waals surface area contributed by atoms with Crippen molar-refractivity contribution in [2.24, 2.45) is 0 Å². The van der Waals surface area contributed by atoms with Crippen molar-refractivity contribution in [2.75, 3.05) is 26.2 Å². The Bertz CT molecular complexity index is 1030. The second-order valence-electron chi connectivity index (χ2n) is 6.38. The number of carbonyl (C=O) groups is 1. The van der Waals surface area contributed by atoms with Gasteiger partial charge in [-0.2, -0.15) is 0 Å². The zero-order valence-corrected chi connectivity index (χ0v) is 17.2. The van der Waals surface area contributed by atoms with Crippen molar-refractivity contribution in [1.29, 1.82) is 0 Å². The second-order valence-corrected chi connectivity index (χ2v) is 6.38. The van der Waals surface area contributed by atoms with Gasteiger partial charge in [0.25, 0.3) is 0 Å². The van der Waals surface area contributed by atoms with Crippen LogP contribution < -0.4 is 19.1 Å². The molecule has 0 N–H and O–H groups in total. The summed E-state index contributed by atoms with van der Waals surface area (Å²) in [5.74, 6) is 6.94. The number of methoxy groups -OCH3 is 3. The zero-order valence-electron chi connectivity index (χ0n) is 17.2. The first kappa shape index (κ1) is 20.8. The summed E-state index contributed by atoms with van der Waals surface area (Å²) in [5, 5.41) is 0. The molecule has 0 spiro atoms. The molecule has 5 nitrogen and oxygen atoms in total. The van der Waals surface area contributed by atoms with Gasteiger partial charge in [0.2, 0.25) is 5.75 Å². The van der Waals surface area contributed by atoms with E-state index >= 15 is 0 Å². The van der Waals surface area contributed by atoms with E-state index < -0.39 is 0 Å². The smallest absolute Gasteiger partial charge is 0.303 e. The van der Waals surface area contributed by atoms with Crippen LogP contribution in [-0.2, 0) is 11.3 Å². The Morgan fingerprint density at radius 3 is 1.93 bits per heavy atom. The van der Waals surface area contributed by atoms with Gasteiger partial charge in [0, 0.05) is 17.2 Å². The standard InChI is InChI=1S/C25H23NO4/c1-28-22-16-20(17-23(29-2)25(22)30-3)18-26(21-12-8-5-9-13-21)24(27)15-14-19-10-6-4-7-11-19/h4-13,16-17H,18H2,1-3H3. The first-order chi connectivity index (χ1) is 14.7. The quantitative estimate of drug-likeness (QED) is 0.578. The summed E-state index contributed by atoms with van der Waals surface area (Å²) in [4.78, 5) is 14.6. The van der Waals surface area contributed by atoms with Gasteiger partial charge in [0.15, 0.2) is 11.5 Å². The second kappa shape index (κ2) is 10.0. The van der Waals surface area contributed by atoms with Crippen LogP contribution in [0.15, 0.2) is 72.8 Å². The molecule has 0 unspecified atom stereocenters. The number of nitrogens with zero attached hydrogens (tertiary/aromatic N) is 1. The van der Waals surface area contributed by atoms with Crippen molar-refractivity contribution in [1.82, 2.24) is 0 Å². The van der Waals surface area contributed by atoms with Crippen LogP contribution in [0.25, 0.3) is 0 Å². The van der Waals surface area contributed by atoms with E-state index in [1.54, 1.807) is 26.2 Å². The molecule has 0 heterocycles. The summed E-state index contributed by atoms with van der Waals surface area (Å²) in [7, 11) is 4.68. The highest BCUT2D eigenvalue weighted by molar-refractivity contribution is 6.06. The fourth-order valence-electron chi connectivity index (χ4n) is 3.01.